The van der Waals surface area contributed by atoms with Crippen molar-refractivity contribution in [2.45, 2.75) is 25.3 Å². The van der Waals surface area contributed by atoms with Gasteiger partial charge < -0.3 is 4.74 Å². The minimum atomic E-state index is 0.365. The lowest BCUT2D eigenvalue weighted by Crippen LogP contribution is -2.34. The number of piperidine rings is 1. The van der Waals surface area contributed by atoms with Gasteiger partial charge in [0.05, 0.1) is 24.7 Å². The Kier molecular flexibility index (Phi) is 5.16. The number of para-hydroxylation sites is 1. The third-order valence-electron chi connectivity index (χ3n) is 5.15. The topological polar surface area (TPSA) is 56.1 Å². The van der Waals surface area contributed by atoms with E-state index in [2.05, 4.69) is 27.2 Å². The summed E-state index contributed by atoms with van der Waals surface area (Å²) in [5, 5.41) is 4.29. The summed E-state index contributed by atoms with van der Waals surface area (Å²) in [6.07, 6.45) is 9.89. The van der Waals surface area contributed by atoms with Crippen LogP contribution in [0.1, 0.15) is 30.0 Å². The van der Waals surface area contributed by atoms with Gasteiger partial charge in [-0.15, -0.1) is 0 Å². The molecule has 1 aliphatic heterocycles. The Balaban J connectivity index is 1.60. The molecule has 0 N–H and O–H groups in total. The number of ether oxygens (including phenoxy) is 1. The molecule has 4 rings (SSSR count). The van der Waals surface area contributed by atoms with E-state index < -0.39 is 0 Å². The zero-order valence-electron chi connectivity index (χ0n) is 15.9. The molecule has 1 saturated heterocycles. The molecule has 6 nitrogen and oxygen atoms in total. The third kappa shape index (κ3) is 3.85. The van der Waals surface area contributed by atoms with Crippen LogP contribution in [0.2, 0.25) is 0 Å². The maximum absolute atomic E-state index is 5.56. The molecule has 0 saturated carbocycles. The van der Waals surface area contributed by atoms with E-state index in [9.17, 15) is 0 Å². The van der Waals surface area contributed by atoms with E-state index in [1.54, 1.807) is 19.5 Å². The van der Waals surface area contributed by atoms with Gasteiger partial charge in [0.15, 0.2) is 0 Å². The van der Waals surface area contributed by atoms with E-state index >= 15 is 0 Å². The van der Waals surface area contributed by atoms with E-state index in [4.69, 9.17) is 9.72 Å². The van der Waals surface area contributed by atoms with Crippen LogP contribution in [0.4, 0.5) is 0 Å². The zero-order chi connectivity index (χ0) is 18.6. The van der Waals surface area contributed by atoms with Crippen molar-refractivity contribution < 1.29 is 4.74 Å². The highest BCUT2D eigenvalue weighted by Crippen LogP contribution is 2.35. The summed E-state index contributed by atoms with van der Waals surface area (Å²) in [5.74, 6) is 1.20. The summed E-state index contributed by atoms with van der Waals surface area (Å²) >= 11 is 0. The van der Waals surface area contributed by atoms with Crippen LogP contribution in [0.3, 0.4) is 0 Å². The molecule has 0 bridgehead atoms. The smallest absolute Gasteiger partial charge is 0.128 e. The minimum Gasteiger partial charge on any atom is -0.496 e. The van der Waals surface area contributed by atoms with Crippen molar-refractivity contribution in [1.29, 1.82) is 0 Å². The van der Waals surface area contributed by atoms with Crippen molar-refractivity contribution >= 4 is 0 Å². The Hall–Kier alpha value is -2.73. The van der Waals surface area contributed by atoms with Gasteiger partial charge in [0, 0.05) is 55.8 Å². The molecule has 0 unspecified atom stereocenters. The van der Waals surface area contributed by atoms with Crippen LogP contribution in [0.5, 0.6) is 5.75 Å². The third-order valence-corrected chi connectivity index (χ3v) is 5.15. The van der Waals surface area contributed by atoms with Crippen molar-refractivity contribution in [1.82, 2.24) is 24.6 Å². The average molecular weight is 363 g/mol. The van der Waals surface area contributed by atoms with Crippen LogP contribution >= 0.6 is 0 Å². The highest BCUT2D eigenvalue weighted by molar-refractivity contribution is 5.69. The summed E-state index contributed by atoms with van der Waals surface area (Å²) in [6, 6.07) is 8.03. The van der Waals surface area contributed by atoms with Gasteiger partial charge in [0.2, 0.25) is 0 Å². The van der Waals surface area contributed by atoms with Gasteiger partial charge in [0.25, 0.3) is 0 Å². The molecule has 0 radical (unpaired) electrons. The Morgan fingerprint density at radius 2 is 2.04 bits per heavy atom. The molecule has 2 aromatic heterocycles. The fraction of sp³-hybridized carbons (Fsp3) is 0.381. The zero-order valence-corrected chi connectivity index (χ0v) is 15.9. The van der Waals surface area contributed by atoms with Crippen LogP contribution in [-0.4, -0.2) is 44.8 Å². The van der Waals surface area contributed by atoms with E-state index in [0.29, 0.717) is 5.92 Å². The standard InChI is InChI=1S/C21H25N5O/c1-25-13-16(12-24-25)14-26-11-5-6-17(15-26)20-21(23-10-9-22-20)18-7-3-4-8-19(18)27-2/h3-4,7-10,12-13,17H,5-6,11,14-15H2,1-2H3/t17-/m0/s1. The Bertz CT molecular complexity index is 907. The second-order valence-corrected chi connectivity index (χ2v) is 7.09. The molecule has 3 aromatic rings. The number of aromatic nitrogens is 4. The molecule has 0 amide bonds. The predicted octanol–water partition coefficient (Wildman–Crippen LogP) is 3.27. The molecule has 1 atom stereocenters. The Morgan fingerprint density at radius 3 is 2.85 bits per heavy atom. The van der Waals surface area contributed by atoms with Crippen molar-refractivity contribution in [3.05, 3.63) is 60.3 Å². The van der Waals surface area contributed by atoms with Crippen LogP contribution in [0, 0.1) is 0 Å². The van der Waals surface area contributed by atoms with Gasteiger partial charge >= 0.3 is 0 Å². The summed E-state index contributed by atoms with van der Waals surface area (Å²) < 4.78 is 7.42. The van der Waals surface area contributed by atoms with Crippen LogP contribution in [0.15, 0.2) is 49.1 Å². The molecule has 1 aliphatic rings. The molecule has 3 heterocycles. The first-order valence-corrected chi connectivity index (χ1v) is 9.39. The van der Waals surface area contributed by atoms with Gasteiger partial charge in [-0.1, -0.05) is 12.1 Å². The molecule has 1 fully saturated rings. The first-order valence-electron chi connectivity index (χ1n) is 9.39. The maximum Gasteiger partial charge on any atom is 0.128 e. The summed E-state index contributed by atoms with van der Waals surface area (Å²) in [7, 11) is 3.66. The highest BCUT2D eigenvalue weighted by atomic mass is 16.5. The van der Waals surface area contributed by atoms with Crippen LogP contribution in [-0.2, 0) is 13.6 Å². The van der Waals surface area contributed by atoms with Crippen molar-refractivity contribution in [3.8, 4) is 17.0 Å². The van der Waals surface area contributed by atoms with Gasteiger partial charge in [-0.25, -0.2) is 0 Å². The van der Waals surface area contributed by atoms with E-state index in [1.807, 2.05) is 36.1 Å². The monoisotopic (exact) mass is 363 g/mol. The summed E-state index contributed by atoms with van der Waals surface area (Å²) in [5.41, 5.74) is 4.26. The van der Waals surface area contributed by atoms with Gasteiger partial charge in [-0.05, 0) is 31.5 Å². The molecule has 0 spiro atoms. The molecule has 0 aliphatic carbocycles. The number of nitrogens with zero attached hydrogens (tertiary/aromatic N) is 5. The fourth-order valence-corrected chi connectivity index (χ4v) is 3.93. The van der Waals surface area contributed by atoms with Crippen LogP contribution < -0.4 is 4.74 Å². The lowest BCUT2D eigenvalue weighted by molar-refractivity contribution is 0.198. The first-order chi connectivity index (χ1) is 13.2. The van der Waals surface area contributed by atoms with E-state index in [1.165, 1.54) is 5.56 Å². The van der Waals surface area contributed by atoms with Crippen molar-refractivity contribution in [2.75, 3.05) is 20.2 Å². The largest absolute Gasteiger partial charge is 0.496 e. The average Bonchev–Trinajstić information content (AvgIpc) is 3.12. The number of methoxy groups -OCH3 is 1. The molecule has 6 heteroatoms. The molecule has 1 aromatic carbocycles. The normalized spacial score (nSPS) is 17.8. The maximum atomic E-state index is 5.56. The highest BCUT2D eigenvalue weighted by Gasteiger charge is 2.26. The minimum absolute atomic E-state index is 0.365. The summed E-state index contributed by atoms with van der Waals surface area (Å²) in [4.78, 5) is 11.9. The molecule has 27 heavy (non-hydrogen) atoms. The predicted molar refractivity (Wildman–Crippen MR) is 104 cm³/mol. The van der Waals surface area contributed by atoms with Gasteiger partial charge in [0.1, 0.15) is 5.75 Å². The quantitative estimate of drug-likeness (QED) is 0.696. The number of benzene rings is 1. The first kappa shape index (κ1) is 17.7. The van der Waals surface area contributed by atoms with Crippen molar-refractivity contribution in [2.24, 2.45) is 7.05 Å². The number of likely N-dealkylation sites (tertiary alicyclic amines) is 1. The summed E-state index contributed by atoms with van der Waals surface area (Å²) in [6.45, 7) is 3.01. The van der Waals surface area contributed by atoms with E-state index in [-0.39, 0.29) is 0 Å². The second kappa shape index (κ2) is 7.88. The Labute approximate surface area is 159 Å². The van der Waals surface area contributed by atoms with Gasteiger partial charge in [-0.2, -0.15) is 5.10 Å². The SMILES string of the molecule is COc1ccccc1-c1nccnc1[C@H]1CCCN(Cc2cnn(C)c2)C1. The number of rotatable bonds is 5. The lowest BCUT2D eigenvalue weighted by Gasteiger charge is -2.32. The fourth-order valence-electron chi connectivity index (χ4n) is 3.93. The lowest BCUT2D eigenvalue weighted by atomic mass is 9.91. The number of aryl methyl sites for hydroxylation is 1. The number of hydrogen-bond acceptors (Lipinski definition) is 5. The van der Waals surface area contributed by atoms with Crippen LogP contribution in [0.25, 0.3) is 11.3 Å². The second-order valence-electron chi connectivity index (χ2n) is 7.09. The van der Waals surface area contributed by atoms with E-state index in [0.717, 1.165) is 55.2 Å². The molecular weight excluding hydrogens is 338 g/mol. The molecule has 140 valence electrons. The number of hydrogen-bond donors (Lipinski definition) is 0. The Morgan fingerprint density at radius 1 is 1.19 bits per heavy atom. The van der Waals surface area contributed by atoms with Crippen molar-refractivity contribution in [3.63, 3.8) is 0 Å². The molecular formula is C21H25N5O. The van der Waals surface area contributed by atoms with Gasteiger partial charge in [-0.3, -0.25) is 19.5 Å².